The van der Waals surface area contributed by atoms with Gasteiger partial charge in [0.25, 0.3) is 5.91 Å². The Hall–Kier alpha value is -2.42. The number of aryl methyl sites for hydroxylation is 2. The molecule has 0 spiro atoms. The molecule has 0 radical (unpaired) electrons. The fourth-order valence-corrected chi connectivity index (χ4v) is 6.46. The minimum Gasteiger partial charge on any atom is -0.369 e. The van der Waals surface area contributed by atoms with Crippen LogP contribution in [-0.2, 0) is 10.0 Å². The van der Waals surface area contributed by atoms with Gasteiger partial charge in [0.05, 0.1) is 4.90 Å². The van der Waals surface area contributed by atoms with Gasteiger partial charge in [-0.05, 0) is 75.0 Å². The number of carbonyl (C=O) groups excluding carboxylic acids is 1. The molecule has 2 fully saturated rings. The molecule has 4 rings (SSSR count). The molecule has 0 atom stereocenters. The molecule has 0 unspecified atom stereocenters. The number of hydrogen-bond acceptors (Lipinski definition) is 5. The summed E-state index contributed by atoms with van der Waals surface area (Å²) in [6.45, 7) is 10.6. The molecule has 2 heterocycles. The Labute approximate surface area is 210 Å². The minimum absolute atomic E-state index is 0.206. The van der Waals surface area contributed by atoms with Crippen molar-refractivity contribution in [1.82, 2.24) is 14.5 Å². The summed E-state index contributed by atoms with van der Waals surface area (Å²) < 4.78 is 27.6. The molecule has 2 saturated heterocycles. The lowest BCUT2D eigenvalue weighted by Crippen LogP contribution is -2.47. The fourth-order valence-electron chi connectivity index (χ4n) is 4.91. The Morgan fingerprint density at radius 2 is 1.66 bits per heavy atom. The van der Waals surface area contributed by atoms with Crippen LogP contribution in [-0.4, -0.2) is 75.9 Å². The van der Waals surface area contributed by atoms with Gasteiger partial charge in [0.2, 0.25) is 10.0 Å². The van der Waals surface area contributed by atoms with E-state index < -0.39 is 10.0 Å². The molecule has 0 aromatic heterocycles. The second-order valence-electron chi connectivity index (χ2n) is 9.72. The zero-order chi connectivity index (χ0) is 24.8. The number of amides is 1. The van der Waals surface area contributed by atoms with Crippen molar-refractivity contribution >= 4 is 21.6 Å². The molecule has 1 amide bonds. The molecule has 2 aliphatic rings. The molecule has 2 aliphatic heterocycles. The van der Waals surface area contributed by atoms with E-state index in [4.69, 9.17) is 0 Å². The van der Waals surface area contributed by atoms with Gasteiger partial charge < -0.3 is 10.2 Å². The number of sulfonamides is 1. The van der Waals surface area contributed by atoms with Crippen molar-refractivity contribution in [2.45, 2.75) is 44.4 Å². The molecule has 8 heteroatoms. The van der Waals surface area contributed by atoms with E-state index in [1.807, 2.05) is 6.92 Å². The van der Waals surface area contributed by atoms with E-state index >= 15 is 0 Å². The average Bonchev–Trinajstić information content (AvgIpc) is 2.87. The third-order valence-corrected chi connectivity index (χ3v) is 8.98. The van der Waals surface area contributed by atoms with Gasteiger partial charge in [-0.15, -0.1) is 0 Å². The van der Waals surface area contributed by atoms with E-state index in [9.17, 15) is 13.2 Å². The van der Waals surface area contributed by atoms with Crippen molar-refractivity contribution < 1.29 is 13.2 Å². The highest BCUT2D eigenvalue weighted by Gasteiger charge is 2.27. The fraction of sp³-hybridized carbons (Fsp3) is 0.519. The molecule has 190 valence electrons. The normalized spacial score (nSPS) is 17.9. The predicted molar refractivity (Wildman–Crippen MR) is 141 cm³/mol. The molecule has 2 aromatic carbocycles. The lowest BCUT2D eigenvalue weighted by molar-refractivity contribution is 0.0950. The lowest BCUT2D eigenvalue weighted by atomic mass is 10.1. The summed E-state index contributed by atoms with van der Waals surface area (Å²) in [6, 6.07) is 13.5. The Bertz CT molecular complexity index is 1120. The van der Waals surface area contributed by atoms with Crippen LogP contribution in [0.4, 0.5) is 5.69 Å². The van der Waals surface area contributed by atoms with E-state index in [-0.39, 0.29) is 10.8 Å². The first-order valence-corrected chi connectivity index (χ1v) is 14.2. The lowest BCUT2D eigenvalue weighted by Gasteiger charge is -2.36. The molecule has 1 N–H and O–H groups in total. The first-order valence-electron chi connectivity index (χ1n) is 12.8. The Kier molecular flexibility index (Phi) is 8.46. The first-order chi connectivity index (χ1) is 16.8. The van der Waals surface area contributed by atoms with Gasteiger partial charge >= 0.3 is 0 Å². The Balaban J connectivity index is 1.25. The van der Waals surface area contributed by atoms with E-state index in [2.05, 4.69) is 46.3 Å². The number of nitrogens with zero attached hydrogens (tertiary/aromatic N) is 3. The van der Waals surface area contributed by atoms with Crippen LogP contribution in [0.1, 0.15) is 47.2 Å². The van der Waals surface area contributed by atoms with Gasteiger partial charge in [-0.25, -0.2) is 8.42 Å². The monoisotopic (exact) mass is 498 g/mol. The number of carbonyl (C=O) groups is 1. The van der Waals surface area contributed by atoms with Crippen molar-refractivity contribution in [3.8, 4) is 0 Å². The second-order valence-corrected chi connectivity index (χ2v) is 11.7. The zero-order valence-electron chi connectivity index (χ0n) is 21.0. The summed E-state index contributed by atoms with van der Waals surface area (Å²) in [5, 5.41) is 2.99. The summed E-state index contributed by atoms with van der Waals surface area (Å²) in [6.07, 6.45) is 3.70. The number of nitrogens with one attached hydrogen (secondary N) is 1. The summed E-state index contributed by atoms with van der Waals surface area (Å²) >= 11 is 0. The largest absolute Gasteiger partial charge is 0.369 e. The number of piperidine rings is 1. The molecule has 0 bridgehead atoms. The minimum atomic E-state index is -3.56. The van der Waals surface area contributed by atoms with Crippen molar-refractivity contribution in [3.63, 3.8) is 0 Å². The van der Waals surface area contributed by atoms with Crippen molar-refractivity contribution in [1.29, 1.82) is 0 Å². The summed E-state index contributed by atoms with van der Waals surface area (Å²) in [5.41, 5.74) is 3.80. The third-order valence-electron chi connectivity index (χ3n) is 7.08. The maximum Gasteiger partial charge on any atom is 0.251 e. The van der Waals surface area contributed by atoms with Gasteiger partial charge in [0, 0.05) is 57.1 Å². The predicted octanol–water partition coefficient (Wildman–Crippen LogP) is 3.42. The van der Waals surface area contributed by atoms with Crippen LogP contribution in [0.2, 0.25) is 0 Å². The first kappa shape index (κ1) is 25.7. The number of anilines is 1. The number of benzene rings is 2. The molecule has 0 aliphatic carbocycles. The molecular formula is C27H38N4O3S. The van der Waals surface area contributed by atoms with E-state index in [0.29, 0.717) is 25.2 Å². The number of hydrogen-bond donors (Lipinski definition) is 1. The van der Waals surface area contributed by atoms with Crippen molar-refractivity contribution in [2.24, 2.45) is 0 Å². The highest BCUT2D eigenvalue weighted by molar-refractivity contribution is 7.89. The van der Waals surface area contributed by atoms with E-state index in [0.717, 1.165) is 64.0 Å². The Morgan fingerprint density at radius 1 is 0.914 bits per heavy atom. The zero-order valence-corrected chi connectivity index (χ0v) is 21.8. The van der Waals surface area contributed by atoms with Gasteiger partial charge in [-0.3, -0.25) is 9.69 Å². The standard InChI is InChI=1S/C27H38N4O3S/c1-22-8-6-9-24(20-22)30-18-16-29(17-19-30)13-7-12-28-27(32)26-21-25(11-10-23(26)2)35(33,34)31-14-4-3-5-15-31/h6,8-11,20-21H,3-5,7,12-19H2,1-2H3,(H,28,32). The number of piperazine rings is 1. The Morgan fingerprint density at radius 3 is 2.37 bits per heavy atom. The molecule has 7 nitrogen and oxygen atoms in total. The third kappa shape index (κ3) is 6.42. The van der Waals surface area contributed by atoms with Crippen molar-refractivity contribution in [2.75, 3.05) is 57.3 Å². The van der Waals surface area contributed by atoms with Crippen LogP contribution in [0.15, 0.2) is 47.4 Å². The molecule has 35 heavy (non-hydrogen) atoms. The molecular weight excluding hydrogens is 460 g/mol. The molecule has 0 saturated carbocycles. The van der Waals surface area contributed by atoms with Crippen LogP contribution in [0.3, 0.4) is 0 Å². The van der Waals surface area contributed by atoms with Crippen LogP contribution in [0.25, 0.3) is 0 Å². The number of rotatable bonds is 8. The maximum absolute atomic E-state index is 13.0. The van der Waals surface area contributed by atoms with E-state index in [1.54, 1.807) is 22.5 Å². The highest BCUT2D eigenvalue weighted by Crippen LogP contribution is 2.23. The van der Waals surface area contributed by atoms with Gasteiger partial charge in [0.15, 0.2) is 0 Å². The van der Waals surface area contributed by atoms with Crippen LogP contribution < -0.4 is 10.2 Å². The topological polar surface area (TPSA) is 73.0 Å². The van der Waals surface area contributed by atoms with E-state index in [1.165, 1.54) is 11.3 Å². The van der Waals surface area contributed by atoms with Gasteiger partial charge in [0.1, 0.15) is 0 Å². The summed E-state index contributed by atoms with van der Waals surface area (Å²) in [5.74, 6) is -0.206. The van der Waals surface area contributed by atoms with Gasteiger partial charge in [-0.2, -0.15) is 4.31 Å². The SMILES string of the molecule is Cc1cccc(N2CCN(CCCNC(=O)c3cc(S(=O)(=O)N4CCCCC4)ccc3C)CC2)c1. The van der Waals surface area contributed by atoms with Crippen LogP contribution in [0.5, 0.6) is 0 Å². The summed E-state index contributed by atoms with van der Waals surface area (Å²) in [4.78, 5) is 17.9. The average molecular weight is 499 g/mol. The van der Waals surface area contributed by atoms with Crippen molar-refractivity contribution in [3.05, 3.63) is 59.2 Å². The quantitative estimate of drug-likeness (QED) is 0.565. The van der Waals surface area contributed by atoms with Crippen LogP contribution in [0, 0.1) is 13.8 Å². The highest BCUT2D eigenvalue weighted by atomic mass is 32.2. The maximum atomic E-state index is 13.0. The van der Waals surface area contributed by atoms with Gasteiger partial charge in [-0.1, -0.05) is 24.6 Å². The smallest absolute Gasteiger partial charge is 0.251 e. The van der Waals surface area contributed by atoms with Crippen LogP contribution >= 0.6 is 0 Å². The molecule has 2 aromatic rings. The summed E-state index contributed by atoms with van der Waals surface area (Å²) in [7, 11) is -3.56. The second kappa shape index (κ2) is 11.5.